The van der Waals surface area contributed by atoms with E-state index in [9.17, 15) is 4.79 Å². The fraction of sp³-hybridized carbons (Fsp3) is 0.462. The molecule has 0 atom stereocenters. The molecule has 3 nitrogen and oxygen atoms in total. The molecular weight excluding hydrogens is 271 g/mol. The van der Waals surface area contributed by atoms with E-state index in [1.54, 1.807) is 12.1 Å². The van der Waals surface area contributed by atoms with Gasteiger partial charge >= 0.3 is 0 Å². The molecule has 1 aliphatic rings. The fourth-order valence-electron chi connectivity index (χ4n) is 1.65. The highest BCUT2D eigenvalue weighted by atomic mass is 35.5. The van der Waals surface area contributed by atoms with Gasteiger partial charge in [-0.25, -0.2) is 0 Å². The van der Waals surface area contributed by atoms with Gasteiger partial charge in [-0.1, -0.05) is 23.2 Å². The Morgan fingerprint density at radius 3 is 2.72 bits per heavy atom. The van der Waals surface area contributed by atoms with Gasteiger partial charge in [-0.05, 0) is 49.9 Å². The van der Waals surface area contributed by atoms with Crippen molar-refractivity contribution in [2.45, 2.75) is 19.8 Å². The number of aryl methyl sites for hydroxylation is 1. The lowest BCUT2D eigenvalue weighted by Gasteiger charge is -2.09. The zero-order chi connectivity index (χ0) is 13.1. The smallest absolute Gasteiger partial charge is 0.238 e. The average molecular weight is 287 g/mol. The Bertz CT molecular complexity index is 459. The predicted octanol–water partition coefficient (Wildman–Crippen LogP) is 3.24. The molecule has 1 aromatic carbocycles. The van der Waals surface area contributed by atoms with Crippen LogP contribution in [0.2, 0.25) is 10.0 Å². The lowest BCUT2D eigenvalue weighted by molar-refractivity contribution is -0.115. The molecular formula is C13H16Cl2N2O. The minimum absolute atomic E-state index is 0.0996. The normalized spacial score (nSPS) is 14.6. The van der Waals surface area contributed by atoms with E-state index in [1.165, 1.54) is 12.8 Å². The van der Waals surface area contributed by atoms with E-state index in [0.717, 1.165) is 18.0 Å². The number of carbonyl (C=O) groups is 1. The Morgan fingerprint density at radius 2 is 2.06 bits per heavy atom. The van der Waals surface area contributed by atoms with E-state index in [2.05, 4.69) is 10.6 Å². The van der Waals surface area contributed by atoms with E-state index in [0.29, 0.717) is 22.3 Å². The van der Waals surface area contributed by atoms with E-state index < -0.39 is 0 Å². The fourth-order valence-corrected chi connectivity index (χ4v) is 2.08. The highest BCUT2D eigenvalue weighted by Gasteiger charge is 2.20. The van der Waals surface area contributed by atoms with E-state index >= 15 is 0 Å². The second-order valence-corrected chi connectivity index (χ2v) is 5.52. The molecule has 0 spiro atoms. The van der Waals surface area contributed by atoms with Gasteiger partial charge in [0.2, 0.25) is 5.91 Å². The molecule has 2 rings (SSSR count). The summed E-state index contributed by atoms with van der Waals surface area (Å²) < 4.78 is 0. The molecule has 5 heteroatoms. The number of hydrogen-bond acceptors (Lipinski definition) is 2. The molecule has 1 aliphatic carbocycles. The summed E-state index contributed by atoms with van der Waals surface area (Å²) in [4.78, 5) is 11.7. The summed E-state index contributed by atoms with van der Waals surface area (Å²) in [6.45, 7) is 3.09. The summed E-state index contributed by atoms with van der Waals surface area (Å²) in [5.41, 5.74) is 1.46. The molecule has 98 valence electrons. The number of rotatable bonds is 5. The summed E-state index contributed by atoms with van der Waals surface area (Å²) in [6.07, 6.45) is 2.54. The molecule has 0 aromatic heterocycles. The van der Waals surface area contributed by atoms with Gasteiger partial charge in [0.15, 0.2) is 0 Å². The number of anilines is 1. The standard InChI is InChI=1S/C13H16Cl2N2O/c1-8-4-11(15)12(5-10(8)14)17-13(18)7-16-6-9-2-3-9/h4-5,9,16H,2-3,6-7H2,1H3,(H,17,18). The maximum absolute atomic E-state index is 11.7. The molecule has 18 heavy (non-hydrogen) atoms. The Morgan fingerprint density at radius 1 is 1.33 bits per heavy atom. The number of amides is 1. The zero-order valence-electron chi connectivity index (χ0n) is 10.2. The second kappa shape index (κ2) is 5.91. The molecule has 1 aromatic rings. The number of hydrogen-bond donors (Lipinski definition) is 2. The van der Waals surface area contributed by atoms with Crippen molar-refractivity contribution in [3.05, 3.63) is 27.7 Å². The third-order valence-corrected chi connectivity index (χ3v) is 3.66. The van der Waals surface area contributed by atoms with Gasteiger partial charge in [0, 0.05) is 5.02 Å². The summed E-state index contributed by atoms with van der Waals surface area (Å²) in [7, 11) is 0. The van der Waals surface area contributed by atoms with Gasteiger partial charge < -0.3 is 10.6 Å². The first kappa shape index (κ1) is 13.7. The Labute approximate surface area is 117 Å². The number of carbonyl (C=O) groups excluding carboxylic acids is 1. The lowest BCUT2D eigenvalue weighted by Crippen LogP contribution is -2.29. The summed E-state index contributed by atoms with van der Waals surface area (Å²) in [5, 5.41) is 6.98. The number of halogens is 2. The summed E-state index contributed by atoms with van der Waals surface area (Å²) in [5.74, 6) is 0.660. The topological polar surface area (TPSA) is 41.1 Å². The molecule has 0 radical (unpaired) electrons. The second-order valence-electron chi connectivity index (χ2n) is 4.70. The van der Waals surface area contributed by atoms with Crippen LogP contribution >= 0.6 is 23.2 Å². The molecule has 2 N–H and O–H groups in total. The van der Waals surface area contributed by atoms with Crippen LogP contribution in [0.25, 0.3) is 0 Å². The zero-order valence-corrected chi connectivity index (χ0v) is 11.7. The van der Waals surface area contributed by atoms with Crippen molar-refractivity contribution in [1.29, 1.82) is 0 Å². The molecule has 0 bridgehead atoms. The van der Waals surface area contributed by atoms with Crippen LogP contribution in [0.1, 0.15) is 18.4 Å². The molecule has 0 aliphatic heterocycles. The van der Waals surface area contributed by atoms with Crippen LogP contribution in [0, 0.1) is 12.8 Å². The highest BCUT2D eigenvalue weighted by Crippen LogP contribution is 2.29. The minimum atomic E-state index is -0.0996. The monoisotopic (exact) mass is 286 g/mol. The Kier molecular flexibility index (Phi) is 4.49. The van der Waals surface area contributed by atoms with Crippen molar-refractivity contribution in [3.8, 4) is 0 Å². The van der Waals surface area contributed by atoms with Crippen molar-refractivity contribution < 1.29 is 4.79 Å². The summed E-state index contributed by atoms with van der Waals surface area (Å²) >= 11 is 12.0. The van der Waals surface area contributed by atoms with Crippen molar-refractivity contribution in [2.24, 2.45) is 5.92 Å². The molecule has 1 amide bonds. The van der Waals surface area contributed by atoms with Crippen molar-refractivity contribution in [1.82, 2.24) is 5.32 Å². The predicted molar refractivity (Wildman–Crippen MR) is 75.4 cm³/mol. The minimum Gasteiger partial charge on any atom is -0.324 e. The Balaban J connectivity index is 1.87. The number of nitrogens with one attached hydrogen (secondary N) is 2. The van der Waals surface area contributed by atoms with Gasteiger partial charge in [-0.15, -0.1) is 0 Å². The molecule has 1 saturated carbocycles. The van der Waals surface area contributed by atoms with E-state index in [4.69, 9.17) is 23.2 Å². The Hall–Kier alpha value is -0.770. The largest absolute Gasteiger partial charge is 0.324 e. The van der Waals surface area contributed by atoms with Crippen LogP contribution < -0.4 is 10.6 Å². The molecule has 0 heterocycles. The SMILES string of the molecule is Cc1cc(Cl)c(NC(=O)CNCC2CC2)cc1Cl. The van der Waals surface area contributed by atoms with Crippen LogP contribution in [-0.2, 0) is 4.79 Å². The van der Waals surface area contributed by atoms with Crippen LogP contribution in [0.15, 0.2) is 12.1 Å². The van der Waals surface area contributed by atoms with Gasteiger partial charge in [0.1, 0.15) is 0 Å². The molecule has 0 unspecified atom stereocenters. The van der Waals surface area contributed by atoms with E-state index in [-0.39, 0.29) is 5.91 Å². The first-order valence-electron chi connectivity index (χ1n) is 6.02. The van der Waals surface area contributed by atoms with Crippen LogP contribution in [-0.4, -0.2) is 19.0 Å². The van der Waals surface area contributed by atoms with Gasteiger partial charge in [-0.2, -0.15) is 0 Å². The van der Waals surface area contributed by atoms with Crippen LogP contribution in [0.4, 0.5) is 5.69 Å². The van der Waals surface area contributed by atoms with Crippen molar-refractivity contribution in [2.75, 3.05) is 18.4 Å². The lowest BCUT2D eigenvalue weighted by atomic mass is 10.2. The van der Waals surface area contributed by atoms with Gasteiger partial charge in [0.25, 0.3) is 0 Å². The maximum Gasteiger partial charge on any atom is 0.238 e. The molecule has 0 saturated heterocycles. The highest BCUT2D eigenvalue weighted by molar-refractivity contribution is 6.36. The van der Waals surface area contributed by atoms with E-state index in [1.807, 2.05) is 6.92 Å². The quantitative estimate of drug-likeness (QED) is 0.873. The maximum atomic E-state index is 11.7. The third-order valence-electron chi connectivity index (χ3n) is 2.94. The first-order chi connectivity index (χ1) is 8.56. The number of benzene rings is 1. The first-order valence-corrected chi connectivity index (χ1v) is 6.78. The average Bonchev–Trinajstić information content (AvgIpc) is 3.10. The van der Waals surface area contributed by atoms with Crippen LogP contribution in [0.5, 0.6) is 0 Å². The van der Waals surface area contributed by atoms with Gasteiger partial charge in [0.05, 0.1) is 17.3 Å². The third kappa shape index (κ3) is 3.87. The van der Waals surface area contributed by atoms with Crippen molar-refractivity contribution in [3.63, 3.8) is 0 Å². The van der Waals surface area contributed by atoms with Crippen molar-refractivity contribution >= 4 is 34.8 Å². The van der Waals surface area contributed by atoms with Gasteiger partial charge in [-0.3, -0.25) is 4.79 Å². The molecule has 1 fully saturated rings. The van der Waals surface area contributed by atoms with Crippen LogP contribution in [0.3, 0.4) is 0 Å². The summed E-state index contributed by atoms with van der Waals surface area (Å²) in [6, 6.07) is 3.43.